The van der Waals surface area contributed by atoms with Crippen molar-refractivity contribution in [2.24, 2.45) is 4.99 Å². The summed E-state index contributed by atoms with van der Waals surface area (Å²) in [7, 11) is 1.67. The lowest BCUT2D eigenvalue weighted by Crippen LogP contribution is -2.37. The number of benzene rings is 1. The van der Waals surface area contributed by atoms with Crippen LogP contribution >= 0.6 is 24.0 Å². The monoisotopic (exact) mass is 512 g/mol. The van der Waals surface area contributed by atoms with Crippen LogP contribution in [-0.2, 0) is 13.0 Å². The predicted molar refractivity (Wildman–Crippen MR) is 111 cm³/mol. The van der Waals surface area contributed by atoms with Crippen LogP contribution in [0.3, 0.4) is 0 Å². The standard InChI is InChI=1S/C18H23F3N4O2.HI/c1-12-16(13(2)27-25-12)8-9-23-17(22-3)24-10-14-4-6-15(7-5-14)26-11-18(19,20)21;/h4-7H,8-11H2,1-3H3,(H2,22,23,24);1H. The molecule has 0 aliphatic rings. The molecule has 1 heterocycles. The second-order valence-electron chi connectivity index (χ2n) is 5.95. The summed E-state index contributed by atoms with van der Waals surface area (Å²) in [4.78, 5) is 4.15. The lowest BCUT2D eigenvalue weighted by molar-refractivity contribution is -0.153. The van der Waals surface area contributed by atoms with E-state index >= 15 is 0 Å². The van der Waals surface area contributed by atoms with Crippen LogP contribution in [0.4, 0.5) is 13.2 Å². The number of hydrogen-bond acceptors (Lipinski definition) is 4. The number of halogens is 4. The summed E-state index contributed by atoms with van der Waals surface area (Å²) in [5.74, 6) is 1.61. The Kier molecular flexibility index (Phi) is 9.56. The number of nitrogens with one attached hydrogen (secondary N) is 2. The van der Waals surface area contributed by atoms with E-state index in [4.69, 9.17) is 4.52 Å². The van der Waals surface area contributed by atoms with Crippen LogP contribution in [0.2, 0.25) is 0 Å². The number of aromatic nitrogens is 1. The van der Waals surface area contributed by atoms with Crippen molar-refractivity contribution in [1.29, 1.82) is 0 Å². The highest BCUT2D eigenvalue weighted by atomic mass is 127. The summed E-state index contributed by atoms with van der Waals surface area (Å²) in [5, 5.41) is 10.3. The Morgan fingerprint density at radius 1 is 1.18 bits per heavy atom. The molecule has 0 fully saturated rings. The van der Waals surface area contributed by atoms with E-state index < -0.39 is 12.8 Å². The van der Waals surface area contributed by atoms with Crippen molar-refractivity contribution < 1.29 is 22.4 Å². The van der Waals surface area contributed by atoms with Crippen molar-refractivity contribution in [2.45, 2.75) is 33.0 Å². The molecule has 0 radical (unpaired) electrons. The molecule has 0 amide bonds. The summed E-state index contributed by atoms with van der Waals surface area (Å²) < 4.78 is 46.2. The third-order valence-electron chi connectivity index (χ3n) is 3.86. The number of nitrogens with zero attached hydrogens (tertiary/aromatic N) is 2. The largest absolute Gasteiger partial charge is 0.484 e. The molecule has 0 unspecified atom stereocenters. The Bertz CT molecular complexity index is 742. The molecular formula is C18H24F3IN4O2. The van der Waals surface area contributed by atoms with Gasteiger partial charge in [-0.15, -0.1) is 24.0 Å². The third-order valence-corrected chi connectivity index (χ3v) is 3.86. The fourth-order valence-electron chi connectivity index (χ4n) is 2.44. The number of aryl methyl sites for hydroxylation is 2. The molecule has 2 N–H and O–H groups in total. The van der Waals surface area contributed by atoms with Gasteiger partial charge < -0.3 is 19.9 Å². The highest BCUT2D eigenvalue weighted by Gasteiger charge is 2.28. The number of rotatable bonds is 7. The van der Waals surface area contributed by atoms with Crippen molar-refractivity contribution in [3.63, 3.8) is 0 Å². The van der Waals surface area contributed by atoms with Gasteiger partial charge in [0.1, 0.15) is 11.5 Å². The first-order chi connectivity index (χ1) is 12.8. The number of ether oxygens (including phenoxy) is 1. The maximum atomic E-state index is 12.1. The molecule has 0 aliphatic heterocycles. The van der Waals surface area contributed by atoms with Gasteiger partial charge in [-0.3, -0.25) is 4.99 Å². The quantitative estimate of drug-likeness (QED) is 0.336. The summed E-state index contributed by atoms with van der Waals surface area (Å²) in [6, 6.07) is 6.43. The van der Waals surface area contributed by atoms with Gasteiger partial charge in [0.25, 0.3) is 0 Å². The van der Waals surface area contributed by atoms with E-state index in [1.165, 1.54) is 12.1 Å². The van der Waals surface area contributed by atoms with Gasteiger partial charge in [0, 0.05) is 25.7 Å². The molecule has 0 saturated carbocycles. The molecule has 1 aromatic carbocycles. The molecule has 0 aliphatic carbocycles. The van der Waals surface area contributed by atoms with E-state index in [1.807, 2.05) is 13.8 Å². The number of hydrogen-bond donors (Lipinski definition) is 2. The van der Waals surface area contributed by atoms with Crippen molar-refractivity contribution in [1.82, 2.24) is 15.8 Å². The van der Waals surface area contributed by atoms with Gasteiger partial charge in [0.15, 0.2) is 12.6 Å². The SMILES string of the molecule is CN=C(NCCc1c(C)noc1C)NCc1ccc(OCC(F)(F)F)cc1.I. The molecule has 1 aromatic heterocycles. The molecule has 2 rings (SSSR count). The van der Waals surface area contributed by atoms with Crippen molar-refractivity contribution in [2.75, 3.05) is 20.2 Å². The van der Waals surface area contributed by atoms with Crippen LogP contribution in [0.25, 0.3) is 0 Å². The van der Waals surface area contributed by atoms with Crippen LogP contribution < -0.4 is 15.4 Å². The maximum absolute atomic E-state index is 12.1. The van der Waals surface area contributed by atoms with E-state index in [-0.39, 0.29) is 29.7 Å². The first-order valence-electron chi connectivity index (χ1n) is 8.43. The van der Waals surface area contributed by atoms with Crippen LogP contribution in [-0.4, -0.2) is 37.5 Å². The first-order valence-corrected chi connectivity index (χ1v) is 8.43. The van der Waals surface area contributed by atoms with Crippen LogP contribution in [0, 0.1) is 13.8 Å². The average Bonchev–Trinajstić information content (AvgIpc) is 2.95. The lowest BCUT2D eigenvalue weighted by atomic mass is 10.1. The number of aliphatic imine (C=N–C) groups is 1. The zero-order valence-corrected chi connectivity index (χ0v) is 18.2. The zero-order chi connectivity index (χ0) is 19.9. The fraction of sp³-hybridized carbons (Fsp3) is 0.444. The van der Waals surface area contributed by atoms with Crippen molar-refractivity contribution >= 4 is 29.9 Å². The minimum absolute atomic E-state index is 0. The van der Waals surface area contributed by atoms with E-state index in [0.29, 0.717) is 19.0 Å². The molecule has 10 heteroatoms. The molecule has 0 bridgehead atoms. The zero-order valence-electron chi connectivity index (χ0n) is 15.9. The van der Waals surface area contributed by atoms with E-state index in [1.54, 1.807) is 19.2 Å². The highest BCUT2D eigenvalue weighted by molar-refractivity contribution is 14.0. The molecule has 0 saturated heterocycles. The first kappa shape index (κ1) is 24.1. The average molecular weight is 512 g/mol. The minimum Gasteiger partial charge on any atom is -0.484 e. The van der Waals surface area contributed by atoms with Crippen molar-refractivity contribution in [3.05, 3.63) is 46.8 Å². The van der Waals surface area contributed by atoms with Crippen LogP contribution in [0.15, 0.2) is 33.8 Å². The molecule has 28 heavy (non-hydrogen) atoms. The lowest BCUT2D eigenvalue weighted by Gasteiger charge is -2.13. The second-order valence-corrected chi connectivity index (χ2v) is 5.95. The Morgan fingerprint density at radius 2 is 1.86 bits per heavy atom. The maximum Gasteiger partial charge on any atom is 0.422 e. The highest BCUT2D eigenvalue weighted by Crippen LogP contribution is 2.18. The van der Waals surface area contributed by atoms with E-state index in [0.717, 1.165) is 29.0 Å². The topological polar surface area (TPSA) is 71.7 Å². The van der Waals surface area contributed by atoms with Gasteiger partial charge in [-0.2, -0.15) is 13.2 Å². The normalized spacial score (nSPS) is 11.7. The van der Waals surface area contributed by atoms with Gasteiger partial charge >= 0.3 is 6.18 Å². The van der Waals surface area contributed by atoms with Gasteiger partial charge in [-0.05, 0) is 38.0 Å². The molecule has 0 spiro atoms. The smallest absolute Gasteiger partial charge is 0.422 e. The van der Waals surface area contributed by atoms with E-state index in [9.17, 15) is 13.2 Å². The molecule has 2 aromatic rings. The van der Waals surface area contributed by atoms with E-state index in [2.05, 4.69) is 25.5 Å². The molecule has 156 valence electrons. The number of guanidine groups is 1. The van der Waals surface area contributed by atoms with Crippen LogP contribution in [0.1, 0.15) is 22.6 Å². The Morgan fingerprint density at radius 3 is 2.39 bits per heavy atom. The Hall–Kier alpha value is -1.98. The third kappa shape index (κ3) is 7.95. The number of alkyl halides is 3. The second kappa shape index (κ2) is 11.1. The summed E-state index contributed by atoms with van der Waals surface area (Å²) in [6.07, 6.45) is -3.59. The fourth-order valence-corrected chi connectivity index (χ4v) is 2.44. The van der Waals surface area contributed by atoms with Gasteiger partial charge in [0.05, 0.1) is 5.69 Å². The molecular weight excluding hydrogens is 488 g/mol. The molecule has 6 nitrogen and oxygen atoms in total. The summed E-state index contributed by atoms with van der Waals surface area (Å²) >= 11 is 0. The summed E-state index contributed by atoms with van der Waals surface area (Å²) in [6.45, 7) is 3.62. The molecule has 0 atom stereocenters. The van der Waals surface area contributed by atoms with Gasteiger partial charge in [-0.1, -0.05) is 17.3 Å². The minimum atomic E-state index is -4.35. The predicted octanol–water partition coefficient (Wildman–Crippen LogP) is 3.76. The Balaban J connectivity index is 0.00000392. The Labute approximate surface area is 178 Å². The van der Waals surface area contributed by atoms with Gasteiger partial charge in [0.2, 0.25) is 0 Å². The van der Waals surface area contributed by atoms with Gasteiger partial charge in [-0.25, -0.2) is 0 Å². The van der Waals surface area contributed by atoms with Crippen LogP contribution in [0.5, 0.6) is 5.75 Å². The van der Waals surface area contributed by atoms with Crippen molar-refractivity contribution in [3.8, 4) is 5.75 Å². The summed E-state index contributed by atoms with van der Waals surface area (Å²) in [5.41, 5.74) is 2.85.